The summed E-state index contributed by atoms with van der Waals surface area (Å²) in [7, 11) is -2.17. The van der Waals surface area contributed by atoms with E-state index in [0.717, 1.165) is 0 Å². The number of benzene rings is 1. The van der Waals surface area contributed by atoms with Crippen LogP contribution in [0.3, 0.4) is 0 Å². The first-order valence-electron chi connectivity index (χ1n) is 5.75. The molecule has 1 rings (SSSR count). The second-order valence-electron chi connectivity index (χ2n) is 3.64. The zero-order valence-corrected chi connectivity index (χ0v) is 9.84. The molecule has 0 spiro atoms. The summed E-state index contributed by atoms with van der Waals surface area (Å²) in [5, 5.41) is 21.5. The van der Waals surface area contributed by atoms with Crippen molar-refractivity contribution in [3.8, 4) is 0 Å². The minimum atomic E-state index is -2.17. The summed E-state index contributed by atoms with van der Waals surface area (Å²) in [6.45, 7) is 2.25. The normalized spacial score (nSPS) is 9.25. The van der Waals surface area contributed by atoms with Crippen LogP contribution in [0.4, 0.5) is 0 Å². The van der Waals surface area contributed by atoms with Crippen LogP contribution in [0.15, 0.2) is 30.3 Å². The predicted molar refractivity (Wildman–Crippen MR) is 66.7 cm³/mol. The molecule has 3 nitrogen and oxygen atoms in total. The van der Waals surface area contributed by atoms with Crippen LogP contribution in [-0.2, 0) is 6.42 Å². The van der Waals surface area contributed by atoms with Gasteiger partial charge in [-0.3, -0.25) is 0 Å². The van der Waals surface area contributed by atoms with Crippen molar-refractivity contribution in [1.82, 2.24) is 0 Å². The van der Waals surface area contributed by atoms with Crippen molar-refractivity contribution >= 4 is 7.32 Å². The Morgan fingerprint density at radius 3 is 2.00 bits per heavy atom. The molecular weight excluding hydrogens is 203 g/mol. The minimum absolute atomic E-state index is 1.25. The third-order valence-corrected chi connectivity index (χ3v) is 2.16. The monoisotopic (exact) mass is 224 g/mol. The Morgan fingerprint density at radius 1 is 0.938 bits per heavy atom. The molecule has 3 N–H and O–H groups in total. The van der Waals surface area contributed by atoms with Gasteiger partial charge in [-0.25, -0.2) is 0 Å². The van der Waals surface area contributed by atoms with Crippen LogP contribution < -0.4 is 0 Å². The van der Waals surface area contributed by atoms with Crippen molar-refractivity contribution in [2.24, 2.45) is 0 Å². The molecule has 16 heavy (non-hydrogen) atoms. The molecule has 0 fully saturated rings. The second kappa shape index (κ2) is 10.7. The molecule has 0 saturated carbocycles. The molecule has 0 aliphatic heterocycles. The Labute approximate surface area is 97.9 Å². The van der Waals surface area contributed by atoms with Gasteiger partial charge in [-0.05, 0) is 18.4 Å². The molecule has 0 saturated heterocycles. The molecule has 0 aliphatic rings. The van der Waals surface area contributed by atoms with Crippen molar-refractivity contribution in [2.45, 2.75) is 39.0 Å². The summed E-state index contributed by atoms with van der Waals surface area (Å²) in [5.41, 5.74) is 1.48. The van der Waals surface area contributed by atoms with E-state index >= 15 is 0 Å². The van der Waals surface area contributed by atoms with Gasteiger partial charge >= 0.3 is 7.32 Å². The van der Waals surface area contributed by atoms with E-state index in [4.69, 9.17) is 15.1 Å². The van der Waals surface area contributed by atoms with E-state index < -0.39 is 7.32 Å². The molecule has 1 aromatic rings. The Morgan fingerprint density at radius 2 is 1.50 bits per heavy atom. The van der Waals surface area contributed by atoms with Gasteiger partial charge in [0.15, 0.2) is 0 Å². The van der Waals surface area contributed by atoms with Gasteiger partial charge in [0.1, 0.15) is 0 Å². The lowest BCUT2D eigenvalue weighted by Gasteiger charge is -1.99. The molecule has 0 unspecified atom stereocenters. The largest absolute Gasteiger partial charge is 0.631 e. The van der Waals surface area contributed by atoms with Gasteiger partial charge in [0, 0.05) is 0 Å². The lowest BCUT2D eigenvalue weighted by Crippen LogP contribution is -2.07. The van der Waals surface area contributed by atoms with E-state index in [0.29, 0.717) is 0 Å². The van der Waals surface area contributed by atoms with Crippen LogP contribution in [0.25, 0.3) is 0 Å². The lowest BCUT2D eigenvalue weighted by molar-refractivity contribution is 0.278. The number of hydrogen-bond acceptors (Lipinski definition) is 3. The zero-order valence-electron chi connectivity index (χ0n) is 9.84. The number of unbranched alkanes of at least 4 members (excludes halogenated alkanes) is 3. The van der Waals surface area contributed by atoms with Gasteiger partial charge in [-0.15, -0.1) is 0 Å². The van der Waals surface area contributed by atoms with Gasteiger partial charge in [-0.1, -0.05) is 56.5 Å². The molecular formula is C12H21BO3. The first kappa shape index (κ1) is 15.2. The maximum Gasteiger partial charge on any atom is 0.631 e. The van der Waals surface area contributed by atoms with E-state index in [1.165, 1.54) is 37.7 Å². The summed E-state index contributed by atoms with van der Waals surface area (Å²) >= 11 is 0. The van der Waals surface area contributed by atoms with Gasteiger partial charge in [-0.2, -0.15) is 0 Å². The van der Waals surface area contributed by atoms with Gasteiger partial charge < -0.3 is 15.1 Å². The maximum atomic E-state index is 7.17. The molecule has 0 aromatic heterocycles. The quantitative estimate of drug-likeness (QED) is 0.527. The number of rotatable bonds is 5. The fourth-order valence-electron chi connectivity index (χ4n) is 1.40. The molecule has 0 aliphatic carbocycles. The van der Waals surface area contributed by atoms with Gasteiger partial charge in [0.05, 0.1) is 0 Å². The summed E-state index contributed by atoms with van der Waals surface area (Å²) in [4.78, 5) is 0. The Bertz CT molecular complexity index is 237. The highest BCUT2D eigenvalue weighted by atomic mass is 16.5. The van der Waals surface area contributed by atoms with Crippen LogP contribution in [0, 0.1) is 0 Å². The summed E-state index contributed by atoms with van der Waals surface area (Å²) in [6.07, 6.45) is 6.69. The second-order valence-corrected chi connectivity index (χ2v) is 3.64. The van der Waals surface area contributed by atoms with Crippen molar-refractivity contribution < 1.29 is 15.1 Å². The molecule has 0 heterocycles. The van der Waals surface area contributed by atoms with Gasteiger partial charge in [0.25, 0.3) is 0 Å². The highest BCUT2D eigenvalue weighted by molar-refractivity contribution is 6.30. The first-order valence-corrected chi connectivity index (χ1v) is 5.75. The lowest BCUT2D eigenvalue weighted by atomic mass is 10.1. The topological polar surface area (TPSA) is 60.7 Å². The molecule has 0 bridgehead atoms. The zero-order chi connectivity index (χ0) is 12.2. The highest BCUT2D eigenvalue weighted by Gasteiger charge is 1.92. The summed E-state index contributed by atoms with van der Waals surface area (Å²) < 4.78 is 0. The SMILES string of the molecule is CCCCCCc1ccccc1.OB(O)O. The summed E-state index contributed by atoms with van der Waals surface area (Å²) in [6, 6.07) is 10.7. The van der Waals surface area contributed by atoms with E-state index in [-0.39, 0.29) is 0 Å². The van der Waals surface area contributed by atoms with Crippen molar-refractivity contribution in [3.05, 3.63) is 35.9 Å². The molecule has 0 radical (unpaired) electrons. The molecule has 90 valence electrons. The van der Waals surface area contributed by atoms with Crippen molar-refractivity contribution in [2.75, 3.05) is 0 Å². The summed E-state index contributed by atoms with van der Waals surface area (Å²) in [5.74, 6) is 0. The van der Waals surface area contributed by atoms with E-state index in [1.807, 2.05) is 0 Å². The smallest absolute Gasteiger partial charge is 0.402 e. The van der Waals surface area contributed by atoms with Crippen molar-refractivity contribution in [3.63, 3.8) is 0 Å². The maximum absolute atomic E-state index is 7.17. The van der Waals surface area contributed by atoms with Crippen LogP contribution in [0.5, 0.6) is 0 Å². The fraction of sp³-hybridized carbons (Fsp3) is 0.500. The number of aryl methyl sites for hydroxylation is 1. The molecule has 1 aromatic carbocycles. The fourth-order valence-corrected chi connectivity index (χ4v) is 1.40. The van der Waals surface area contributed by atoms with Crippen LogP contribution in [0.1, 0.15) is 38.2 Å². The van der Waals surface area contributed by atoms with E-state index in [1.54, 1.807) is 0 Å². The molecule has 0 amide bonds. The van der Waals surface area contributed by atoms with E-state index in [9.17, 15) is 0 Å². The van der Waals surface area contributed by atoms with Crippen LogP contribution in [-0.4, -0.2) is 22.4 Å². The van der Waals surface area contributed by atoms with Crippen molar-refractivity contribution in [1.29, 1.82) is 0 Å². The Balaban J connectivity index is 0.000000487. The van der Waals surface area contributed by atoms with Crippen LogP contribution in [0.2, 0.25) is 0 Å². The highest BCUT2D eigenvalue weighted by Crippen LogP contribution is 2.06. The van der Waals surface area contributed by atoms with Crippen LogP contribution >= 0.6 is 0 Å². The third kappa shape index (κ3) is 11.2. The Hall–Kier alpha value is -0.835. The van der Waals surface area contributed by atoms with E-state index in [2.05, 4.69) is 37.3 Å². The predicted octanol–water partition coefficient (Wildman–Crippen LogP) is 1.76. The molecule has 0 atom stereocenters. The molecule has 4 heteroatoms. The number of hydrogen-bond donors (Lipinski definition) is 3. The Kier molecular flexibility index (Phi) is 10.1. The minimum Gasteiger partial charge on any atom is -0.402 e. The first-order chi connectivity index (χ1) is 7.66. The average Bonchev–Trinajstić information content (AvgIpc) is 2.25. The third-order valence-electron chi connectivity index (χ3n) is 2.16. The van der Waals surface area contributed by atoms with Gasteiger partial charge in [0.2, 0.25) is 0 Å². The standard InChI is InChI=1S/C12H18.BH3O3/c1-2-3-4-6-9-12-10-7-5-8-11-12;2-1(3)4/h5,7-8,10-11H,2-4,6,9H2,1H3;2-4H. The average molecular weight is 224 g/mol.